The van der Waals surface area contributed by atoms with Gasteiger partial charge in [0.05, 0.1) is 11.0 Å². The van der Waals surface area contributed by atoms with E-state index < -0.39 is 0 Å². The van der Waals surface area contributed by atoms with E-state index in [0.29, 0.717) is 29.4 Å². The largest absolute Gasteiger partial charge is 0.508 e. The molecule has 0 unspecified atom stereocenters. The molecule has 4 aromatic heterocycles. The molecule has 1 fully saturated rings. The summed E-state index contributed by atoms with van der Waals surface area (Å²) in [7, 11) is 0. The van der Waals surface area contributed by atoms with Gasteiger partial charge in [0.1, 0.15) is 11.5 Å². The first-order chi connectivity index (χ1) is 20.9. The lowest BCUT2D eigenvalue weighted by Gasteiger charge is -2.26. The Bertz CT molecular complexity index is 2260. The van der Waals surface area contributed by atoms with Gasteiger partial charge in [-0.05, 0) is 73.4 Å². The van der Waals surface area contributed by atoms with Crippen molar-refractivity contribution >= 4 is 33.1 Å². The Morgan fingerprint density at radius 2 is 1.65 bits per heavy atom. The standard InChI is InChI=1S/C17H13N3O2.C15H16N4O2/c1-10-7-16-18-19-17(22)20(16)14-8-13(15(21)9-12(10)14)11-5-3-2-4-6-11;20-12-4-5-13-9(7-12)6-10(8-16-11-2-1-3-11)14-17-18-15(21)19(13)14/h2-9,21H,1H3,(H,19,22);4-7,11,16,20H,1-3,8H2,(H,18,21). The van der Waals surface area contributed by atoms with Crippen LogP contribution in [0.2, 0.25) is 0 Å². The van der Waals surface area contributed by atoms with E-state index in [4.69, 9.17) is 0 Å². The Morgan fingerprint density at radius 3 is 2.42 bits per heavy atom. The number of fused-ring (bicyclic) bond motifs is 6. The molecule has 0 bridgehead atoms. The quantitative estimate of drug-likeness (QED) is 0.209. The molecule has 4 heterocycles. The van der Waals surface area contributed by atoms with Gasteiger partial charge in [0.25, 0.3) is 0 Å². The van der Waals surface area contributed by atoms with E-state index in [1.54, 1.807) is 28.7 Å². The number of H-pyrrole nitrogens is 2. The second kappa shape index (κ2) is 10.4. The van der Waals surface area contributed by atoms with Crippen LogP contribution in [0.4, 0.5) is 0 Å². The van der Waals surface area contributed by atoms with Gasteiger partial charge in [0.15, 0.2) is 11.3 Å². The van der Waals surface area contributed by atoms with E-state index in [1.165, 1.54) is 23.7 Å². The predicted octanol–water partition coefficient (Wildman–Crippen LogP) is 4.38. The van der Waals surface area contributed by atoms with Gasteiger partial charge in [0.2, 0.25) is 0 Å². The predicted molar refractivity (Wildman–Crippen MR) is 165 cm³/mol. The Hall–Kier alpha value is -5.42. The fourth-order valence-electron chi connectivity index (χ4n) is 5.68. The fraction of sp³-hybridized carbons (Fsp3) is 0.188. The molecule has 8 rings (SSSR count). The number of aromatic amines is 2. The van der Waals surface area contributed by atoms with Crippen LogP contribution < -0.4 is 16.7 Å². The van der Waals surface area contributed by atoms with Crippen molar-refractivity contribution in [2.75, 3.05) is 0 Å². The lowest BCUT2D eigenvalue weighted by molar-refractivity contribution is 0.338. The van der Waals surface area contributed by atoms with Crippen molar-refractivity contribution in [3.05, 3.63) is 105 Å². The summed E-state index contributed by atoms with van der Waals surface area (Å²) in [5.74, 6) is 0.383. The van der Waals surface area contributed by atoms with Crippen molar-refractivity contribution in [1.29, 1.82) is 0 Å². The minimum Gasteiger partial charge on any atom is -0.508 e. The van der Waals surface area contributed by atoms with Crippen LogP contribution >= 0.6 is 0 Å². The topological polar surface area (TPSA) is 153 Å². The van der Waals surface area contributed by atoms with Crippen LogP contribution in [0.15, 0.2) is 82.4 Å². The lowest BCUT2D eigenvalue weighted by atomic mass is 9.93. The van der Waals surface area contributed by atoms with Crippen molar-refractivity contribution in [3.63, 3.8) is 0 Å². The van der Waals surface area contributed by atoms with E-state index in [-0.39, 0.29) is 22.9 Å². The number of pyridine rings is 2. The van der Waals surface area contributed by atoms with E-state index in [9.17, 15) is 19.8 Å². The second-order valence-corrected chi connectivity index (χ2v) is 10.9. The van der Waals surface area contributed by atoms with Crippen LogP contribution in [-0.4, -0.2) is 45.5 Å². The number of aromatic hydroxyl groups is 2. The molecule has 0 aliphatic heterocycles. The molecule has 1 aliphatic rings. The molecular formula is C32H29N7O4. The summed E-state index contributed by atoms with van der Waals surface area (Å²) in [6.45, 7) is 2.60. The lowest BCUT2D eigenvalue weighted by Crippen LogP contribution is -2.34. The third kappa shape index (κ3) is 4.69. The summed E-state index contributed by atoms with van der Waals surface area (Å²) >= 11 is 0. The molecular weight excluding hydrogens is 546 g/mol. The van der Waals surface area contributed by atoms with Crippen LogP contribution in [0, 0.1) is 6.92 Å². The highest BCUT2D eigenvalue weighted by Gasteiger charge is 2.18. The molecule has 0 saturated heterocycles. The van der Waals surface area contributed by atoms with Crippen molar-refractivity contribution in [3.8, 4) is 22.6 Å². The minimum atomic E-state index is -0.287. The molecule has 0 spiro atoms. The number of nitrogens with one attached hydrogen (secondary N) is 3. The summed E-state index contributed by atoms with van der Waals surface area (Å²) < 4.78 is 3.08. The van der Waals surface area contributed by atoms with Crippen molar-refractivity contribution in [1.82, 2.24) is 34.5 Å². The zero-order valence-electron chi connectivity index (χ0n) is 23.3. The molecule has 1 saturated carbocycles. The molecule has 11 nitrogen and oxygen atoms in total. The molecule has 0 amide bonds. The third-order valence-corrected chi connectivity index (χ3v) is 8.14. The number of rotatable bonds is 4. The maximum absolute atomic E-state index is 12.0. The van der Waals surface area contributed by atoms with Gasteiger partial charge in [-0.1, -0.05) is 36.8 Å². The minimum absolute atomic E-state index is 0.191. The number of hydrogen-bond acceptors (Lipinski definition) is 7. The van der Waals surface area contributed by atoms with Gasteiger partial charge in [-0.15, -0.1) is 0 Å². The maximum Gasteiger partial charge on any atom is 0.348 e. The SMILES string of the molecule is Cc1cc2n[nH]c(=O)n2c2cc(-c3ccccc3)c(O)cc12.O=c1[nH]nc2c(CNC3CCC3)cc3cc(O)ccc3n12. The van der Waals surface area contributed by atoms with Gasteiger partial charge in [0, 0.05) is 34.5 Å². The van der Waals surface area contributed by atoms with Gasteiger partial charge in [-0.3, -0.25) is 0 Å². The van der Waals surface area contributed by atoms with Gasteiger partial charge in [-0.25, -0.2) is 28.6 Å². The molecule has 0 atom stereocenters. The smallest absolute Gasteiger partial charge is 0.348 e. The average Bonchev–Trinajstić information content (AvgIpc) is 3.55. The first-order valence-electron chi connectivity index (χ1n) is 14.1. The molecule has 7 aromatic rings. The van der Waals surface area contributed by atoms with Crippen LogP contribution in [0.3, 0.4) is 0 Å². The van der Waals surface area contributed by atoms with Gasteiger partial charge in [-0.2, -0.15) is 10.2 Å². The molecule has 216 valence electrons. The number of aryl methyl sites for hydroxylation is 1. The molecule has 5 N–H and O–H groups in total. The summed E-state index contributed by atoms with van der Waals surface area (Å²) in [6.07, 6.45) is 3.69. The number of nitrogens with zero attached hydrogens (tertiary/aromatic N) is 4. The van der Waals surface area contributed by atoms with Gasteiger partial charge >= 0.3 is 11.4 Å². The summed E-state index contributed by atoms with van der Waals surface area (Å²) in [5, 5.41) is 38.3. The van der Waals surface area contributed by atoms with Crippen LogP contribution in [0.5, 0.6) is 11.5 Å². The molecule has 43 heavy (non-hydrogen) atoms. The highest BCUT2D eigenvalue weighted by Crippen LogP contribution is 2.34. The normalized spacial score (nSPS) is 13.4. The van der Waals surface area contributed by atoms with Gasteiger partial charge < -0.3 is 15.5 Å². The van der Waals surface area contributed by atoms with E-state index >= 15 is 0 Å². The van der Waals surface area contributed by atoms with E-state index in [0.717, 1.165) is 38.5 Å². The Kier molecular flexibility index (Phi) is 6.43. The number of phenols is 2. The first kappa shape index (κ1) is 26.5. The van der Waals surface area contributed by atoms with Crippen molar-refractivity contribution < 1.29 is 10.2 Å². The average molecular weight is 576 g/mol. The fourth-order valence-corrected chi connectivity index (χ4v) is 5.68. The van der Waals surface area contributed by atoms with Crippen LogP contribution in [0.1, 0.15) is 30.4 Å². The Balaban J connectivity index is 0.000000140. The highest BCUT2D eigenvalue weighted by molar-refractivity contribution is 5.92. The summed E-state index contributed by atoms with van der Waals surface area (Å²) in [6, 6.07) is 22.5. The molecule has 0 radical (unpaired) electrons. The zero-order valence-corrected chi connectivity index (χ0v) is 23.3. The zero-order chi connectivity index (χ0) is 29.7. The first-order valence-corrected chi connectivity index (χ1v) is 14.1. The highest BCUT2D eigenvalue weighted by atomic mass is 16.3. The number of benzene rings is 3. The van der Waals surface area contributed by atoms with E-state index in [1.807, 2.05) is 55.5 Å². The Labute approximate surface area is 244 Å². The molecule has 1 aliphatic carbocycles. The Morgan fingerprint density at radius 1 is 0.884 bits per heavy atom. The van der Waals surface area contributed by atoms with Crippen LogP contribution in [0.25, 0.3) is 44.2 Å². The number of phenolic OH excluding ortho intramolecular Hbond substituents is 2. The summed E-state index contributed by atoms with van der Waals surface area (Å²) in [4.78, 5) is 24.0. The number of hydrogen-bond donors (Lipinski definition) is 5. The monoisotopic (exact) mass is 575 g/mol. The molecule has 3 aromatic carbocycles. The van der Waals surface area contributed by atoms with E-state index in [2.05, 4.69) is 25.7 Å². The number of aromatic nitrogens is 6. The molecule has 11 heteroatoms. The van der Waals surface area contributed by atoms with Crippen molar-refractivity contribution in [2.24, 2.45) is 0 Å². The maximum atomic E-state index is 12.0. The van der Waals surface area contributed by atoms with Crippen molar-refractivity contribution in [2.45, 2.75) is 38.8 Å². The summed E-state index contributed by atoms with van der Waals surface area (Å²) in [5.41, 5.74) is 5.64. The van der Waals surface area contributed by atoms with Crippen LogP contribution in [-0.2, 0) is 6.54 Å². The third-order valence-electron chi connectivity index (χ3n) is 8.14. The second-order valence-electron chi connectivity index (χ2n) is 10.9.